The second-order valence-corrected chi connectivity index (χ2v) is 8.31. The van der Waals surface area contributed by atoms with E-state index in [4.69, 9.17) is 4.42 Å². The third-order valence-corrected chi connectivity index (χ3v) is 5.86. The highest BCUT2D eigenvalue weighted by molar-refractivity contribution is 7.89. The van der Waals surface area contributed by atoms with E-state index < -0.39 is 22.5 Å². The van der Waals surface area contributed by atoms with Crippen LogP contribution in [0.3, 0.4) is 0 Å². The van der Waals surface area contributed by atoms with Crippen LogP contribution in [-0.4, -0.2) is 31.4 Å². The van der Waals surface area contributed by atoms with Crippen LogP contribution in [0, 0.1) is 6.92 Å². The molecule has 3 aromatic rings. The maximum Gasteiger partial charge on any atom is 0.255 e. The molecular formula is C21H21N3O4S. The molecular weight excluding hydrogens is 390 g/mol. The molecule has 1 heterocycles. The molecule has 0 bridgehead atoms. The number of hydrogen-bond donors (Lipinski definition) is 1. The second-order valence-electron chi connectivity index (χ2n) is 6.37. The molecule has 0 saturated carbocycles. The normalized spacial score (nSPS) is 11.8. The zero-order valence-electron chi connectivity index (χ0n) is 15.9. The van der Waals surface area contributed by atoms with Gasteiger partial charge in [0, 0.05) is 0 Å². The van der Waals surface area contributed by atoms with E-state index in [9.17, 15) is 13.2 Å². The maximum absolute atomic E-state index is 13.0. The van der Waals surface area contributed by atoms with Gasteiger partial charge in [0.25, 0.3) is 5.91 Å². The largest absolute Gasteiger partial charge is 0.468 e. The van der Waals surface area contributed by atoms with Gasteiger partial charge in [-0.15, -0.1) is 0 Å². The van der Waals surface area contributed by atoms with Crippen LogP contribution in [0.4, 0.5) is 0 Å². The van der Waals surface area contributed by atoms with Gasteiger partial charge in [0.15, 0.2) is 0 Å². The van der Waals surface area contributed by atoms with Gasteiger partial charge in [-0.2, -0.15) is 9.41 Å². The molecule has 0 aliphatic carbocycles. The van der Waals surface area contributed by atoms with Crippen LogP contribution in [0.5, 0.6) is 0 Å². The first-order valence-electron chi connectivity index (χ1n) is 8.91. The summed E-state index contributed by atoms with van der Waals surface area (Å²) in [5.41, 5.74) is 4.27. The molecule has 1 aromatic heterocycles. The van der Waals surface area contributed by atoms with Crippen LogP contribution in [-0.2, 0) is 21.4 Å². The summed E-state index contributed by atoms with van der Waals surface area (Å²) < 4.78 is 32.3. The van der Waals surface area contributed by atoms with Gasteiger partial charge < -0.3 is 4.42 Å². The Kier molecular flexibility index (Phi) is 6.58. The Morgan fingerprint density at radius 1 is 1.10 bits per heavy atom. The van der Waals surface area contributed by atoms with E-state index in [0.29, 0.717) is 5.76 Å². The van der Waals surface area contributed by atoms with E-state index >= 15 is 0 Å². The minimum absolute atomic E-state index is 0.0702. The molecule has 0 saturated heterocycles. The van der Waals surface area contributed by atoms with Crippen molar-refractivity contribution in [3.63, 3.8) is 0 Å². The van der Waals surface area contributed by atoms with Gasteiger partial charge >= 0.3 is 0 Å². The van der Waals surface area contributed by atoms with Crippen molar-refractivity contribution < 1.29 is 17.6 Å². The van der Waals surface area contributed by atoms with Gasteiger partial charge in [-0.25, -0.2) is 13.8 Å². The number of amides is 1. The lowest BCUT2D eigenvalue weighted by molar-refractivity contribution is -0.121. The van der Waals surface area contributed by atoms with Gasteiger partial charge in [0.05, 0.1) is 30.5 Å². The molecule has 3 rings (SSSR count). The standard InChI is InChI=1S/C21H21N3O4S/c1-17-7-5-8-18(13-17)14-22-23-21(25)16-24(15-19-9-6-12-28-19)29(26,27)20-10-3-2-4-11-20/h2-14H,15-16H2,1H3,(H,23,25). The molecule has 29 heavy (non-hydrogen) atoms. The topological polar surface area (TPSA) is 92.0 Å². The first kappa shape index (κ1) is 20.5. The minimum Gasteiger partial charge on any atom is -0.468 e. The summed E-state index contributed by atoms with van der Waals surface area (Å²) in [6.07, 6.45) is 2.96. The predicted octanol–water partition coefficient (Wildman–Crippen LogP) is 2.93. The molecule has 8 heteroatoms. The molecule has 1 N–H and O–H groups in total. The van der Waals surface area contributed by atoms with Crippen molar-refractivity contribution in [2.45, 2.75) is 18.4 Å². The highest BCUT2D eigenvalue weighted by Gasteiger charge is 2.27. The lowest BCUT2D eigenvalue weighted by atomic mass is 10.2. The van der Waals surface area contributed by atoms with Gasteiger partial charge in [0.2, 0.25) is 10.0 Å². The maximum atomic E-state index is 13.0. The molecule has 0 aliphatic rings. The number of hydrogen-bond acceptors (Lipinski definition) is 5. The number of nitrogens with zero attached hydrogens (tertiary/aromatic N) is 2. The molecule has 0 atom stereocenters. The van der Waals surface area contributed by atoms with E-state index in [-0.39, 0.29) is 11.4 Å². The van der Waals surface area contributed by atoms with E-state index in [2.05, 4.69) is 10.5 Å². The molecule has 0 spiro atoms. The number of sulfonamides is 1. The van der Waals surface area contributed by atoms with Crippen molar-refractivity contribution in [1.82, 2.24) is 9.73 Å². The van der Waals surface area contributed by atoms with Crippen molar-refractivity contribution in [2.75, 3.05) is 6.54 Å². The Balaban J connectivity index is 1.73. The number of hydrazone groups is 1. The fraction of sp³-hybridized carbons (Fsp3) is 0.143. The van der Waals surface area contributed by atoms with Crippen molar-refractivity contribution in [3.05, 3.63) is 89.9 Å². The number of furan rings is 1. The summed E-state index contributed by atoms with van der Waals surface area (Å²) in [7, 11) is -3.89. The molecule has 7 nitrogen and oxygen atoms in total. The average Bonchev–Trinajstić information content (AvgIpc) is 3.21. The molecule has 0 aliphatic heterocycles. The molecule has 0 fully saturated rings. The first-order chi connectivity index (χ1) is 13.9. The van der Waals surface area contributed by atoms with Gasteiger partial charge in [0.1, 0.15) is 5.76 Å². The molecule has 150 valence electrons. The van der Waals surface area contributed by atoms with Crippen LogP contribution in [0.25, 0.3) is 0 Å². The third-order valence-electron chi connectivity index (χ3n) is 4.06. The third kappa shape index (κ3) is 5.63. The fourth-order valence-electron chi connectivity index (χ4n) is 2.67. The number of carbonyl (C=O) groups excluding carboxylic acids is 1. The van der Waals surface area contributed by atoms with Gasteiger partial charge in [-0.3, -0.25) is 4.79 Å². The number of aryl methyl sites for hydroxylation is 1. The Hall–Kier alpha value is -3.23. The lowest BCUT2D eigenvalue weighted by Crippen LogP contribution is -2.38. The molecule has 0 unspecified atom stereocenters. The smallest absolute Gasteiger partial charge is 0.255 e. The summed E-state index contributed by atoms with van der Waals surface area (Å²) in [5.74, 6) is -0.125. The van der Waals surface area contributed by atoms with Crippen molar-refractivity contribution >= 4 is 22.1 Å². The number of nitrogens with one attached hydrogen (secondary N) is 1. The van der Waals surface area contributed by atoms with Crippen LogP contribution in [0.1, 0.15) is 16.9 Å². The van der Waals surface area contributed by atoms with Crippen molar-refractivity contribution in [2.24, 2.45) is 5.10 Å². The van der Waals surface area contributed by atoms with E-state index in [1.807, 2.05) is 31.2 Å². The Labute approximate surface area is 169 Å². The van der Waals surface area contributed by atoms with Crippen LogP contribution in [0.2, 0.25) is 0 Å². The molecule has 0 radical (unpaired) electrons. The highest BCUT2D eigenvalue weighted by Crippen LogP contribution is 2.18. The Morgan fingerprint density at radius 2 is 1.90 bits per heavy atom. The quantitative estimate of drug-likeness (QED) is 0.456. The van der Waals surface area contributed by atoms with Crippen molar-refractivity contribution in [1.29, 1.82) is 0 Å². The summed E-state index contributed by atoms with van der Waals surface area (Å²) >= 11 is 0. The van der Waals surface area contributed by atoms with Gasteiger partial charge in [-0.1, -0.05) is 48.0 Å². The van der Waals surface area contributed by atoms with E-state index in [0.717, 1.165) is 15.4 Å². The second kappa shape index (κ2) is 9.31. The highest BCUT2D eigenvalue weighted by atomic mass is 32.2. The number of carbonyl (C=O) groups is 1. The number of rotatable bonds is 8. The van der Waals surface area contributed by atoms with Gasteiger partial charge in [-0.05, 0) is 36.8 Å². The van der Waals surface area contributed by atoms with E-state index in [1.165, 1.54) is 24.6 Å². The van der Waals surface area contributed by atoms with Crippen molar-refractivity contribution in [3.8, 4) is 0 Å². The Bertz CT molecular complexity index is 1080. The Morgan fingerprint density at radius 3 is 2.59 bits per heavy atom. The SMILES string of the molecule is Cc1cccc(C=NNC(=O)CN(Cc2ccco2)S(=O)(=O)c2ccccc2)c1. The van der Waals surface area contributed by atoms with E-state index in [1.54, 1.807) is 30.3 Å². The zero-order chi connectivity index (χ0) is 20.7. The number of benzene rings is 2. The summed E-state index contributed by atoms with van der Waals surface area (Å²) in [5, 5.41) is 3.92. The fourth-order valence-corrected chi connectivity index (χ4v) is 4.05. The van der Waals surface area contributed by atoms with Crippen LogP contribution in [0.15, 0.2) is 87.4 Å². The zero-order valence-corrected chi connectivity index (χ0v) is 16.7. The summed E-state index contributed by atoms with van der Waals surface area (Å²) in [4.78, 5) is 12.5. The molecule has 2 aromatic carbocycles. The molecule has 1 amide bonds. The predicted molar refractivity (Wildman–Crippen MR) is 110 cm³/mol. The monoisotopic (exact) mass is 411 g/mol. The van der Waals surface area contributed by atoms with Crippen LogP contribution >= 0.6 is 0 Å². The average molecular weight is 411 g/mol. The summed E-state index contributed by atoms with van der Waals surface area (Å²) in [6.45, 7) is 1.49. The first-order valence-corrected chi connectivity index (χ1v) is 10.4. The minimum atomic E-state index is -3.89. The lowest BCUT2D eigenvalue weighted by Gasteiger charge is -2.20. The summed E-state index contributed by atoms with van der Waals surface area (Å²) in [6, 6.07) is 18.9. The van der Waals surface area contributed by atoms with Crippen LogP contribution < -0.4 is 5.43 Å².